The van der Waals surface area contributed by atoms with Gasteiger partial charge in [0.1, 0.15) is 0 Å². The summed E-state index contributed by atoms with van der Waals surface area (Å²) < 4.78 is 27.5. The van der Waals surface area contributed by atoms with E-state index >= 15 is 0 Å². The van der Waals surface area contributed by atoms with Crippen LogP contribution in [0.1, 0.15) is 37.3 Å². The highest BCUT2D eigenvalue weighted by atomic mass is 35.5. The predicted octanol–water partition coefficient (Wildman–Crippen LogP) is 2.35. The van der Waals surface area contributed by atoms with Crippen molar-refractivity contribution in [3.63, 3.8) is 0 Å². The van der Waals surface area contributed by atoms with E-state index in [0.717, 1.165) is 32.1 Å². The molecule has 1 heterocycles. The Kier molecular flexibility index (Phi) is 5.54. The largest absolute Gasteiger partial charge is 0.329 e. The van der Waals surface area contributed by atoms with Crippen LogP contribution in [-0.4, -0.2) is 31.9 Å². The number of fused-ring (bicyclic) bond motifs is 1. The van der Waals surface area contributed by atoms with Gasteiger partial charge < -0.3 is 5.73 Å². The number of benzene rings is 1. The van der Waals surface area contributed by atoms with E-state index in [1.165, 1.54) is 11.1 Å². The van der Waals surface area contributed by atoms with Crippen molar-refractivity contribution in [2.24, 2.45) is 11.7 Å². The third-order valence-electron chi connectivity index (χ3n) is 4.87. The summed E-state index contributed by atoms with van der Waals surface area (Å²) in [6, 6.07) is 5.57. The number of hydrogen-bond acceptors (Lipinski definition) is 3. The van der Waals surface area contributed by atoms with Crippen molar-refractivity contribution in [1.29, 1.82) is 0 Å². The SMILES string of the molecule is CC1CCN(S(=O)(=O)c2ccc3c(c2)CCC3)C(CN)C1.Cl. The molecule has 2 unspecified atom stereocenters. The molecule has 0 bridgehead atoms. The van der Waals surface area contributed by atoms with E-state index in [-0.39, 0.29) is 18.4 Å². The summed E-state index contributed by atoms with van der Waals surface area (Å²) in [5.41, 5.74) is 8.32. The average Bonchev–Trinajstić information content (AvgIpc) is 2.94. The second-order valence-corrected chi connectivity index (χ2v) is 8.31. The van der Waals surface area contributed by atoms with Crippen molar-refractivity contribution in [1.82, 2.24) is 4.31 Å². The molecule has 124 valence electrons. The van der Waals surface area contributed by atoms with Crippen molar-refractivity contribution in [2.75, 3.05) is 13.1 Å². The zero-order valence-corrected chi connectivity index (χ0v) is 14.6. The third-order valence-corrected chi connectivity index (χ3v) is 6.82. The van der Waals surface area contributed by atoms with Gasteiger partial charge in [-0.1, -0.05) is 13.0 Å². The van der Waals surface area contributed by atoms with E-state index in [2.05, 4.69) is 6.92 Å². The third kappa shape index (κ3) is 3.18. The maximum absolute atomic E-state index is 12.9. The van der Waals surface area contributed by atoms with Crippen molar-refractivity contribution < 1.29 is 8.42 Å². The molecule has 1 fully saturated rings. The summed E-state index contributed by atoms with van der Waals surface area (Å²) >= 11 is 0. The van der Waals surface area contributed by atoms with Crippen LogP contribution in [0.2, 0.25) is 0 Å². The standard InChI is InChI=1S/C16H24N2O2S.ClH/c1-12-7-8-18(15(9-12)11-17)21(19,20)16-6-5-13-3-2-4-14(13)10-16;/h5-6,10,12,15H,2-4,7-9,11,17H2,1H3;1H. The van der Waals surface area contributed by atoms with Crippen molar-refractivity contribution in [2.45, 2.75) is 50.0 Å². The summed E-state index contributed by atoms with van der Waals surface area (Å²) in [6.45, 7) is 3.15. The Balaban J connectivity index is 0.00000176. The van der Waals surface area contributed by atoms with Crippen LogP contribution >= 0.6 is 12.4 Å². The molecular weight excluding hydrogens is 320 g/mol. The number of hydrogen-bond donors (Lipinski definition) is 1. The first-order valence-corrected chi connectivity index (χ1v) is 9.30. The monoisotopic (exact) mass is 344 g/mol. The van der Waals surface area contributed by atoms with Crippen molar-refractivity contribution >= 4 is 22.4 Å². The number of piperidine rings is 1. The molecule has 22 heavy (non-hydrogen) atoms. The highest BCUT2D eigenvalue weighted by molar-refractivity contribution is 7.89. The fraction of sp³-hybridized carbons (Fsp3) is 0.625. The first kappa shape index (κ1) is 17.7. The molecule has 6 heteroatoms. The van der Waals surface area contributed by atoms with Gasteiger partial charge in [0.2, 0.25) is 10.0 Å². The van der Waals surface area contributed by atoms with Gasteiger partial charge in [-0.15, -0.1) is 12.4 Å². The Hall–Kier alpha value is -0.620. The van der Waals surface area contributed by atoms with Gasteiger partial charge in [-0.2, -0.15) is 4.31 Å². The molecule has 0 saturated carbocycles. The molecule has 0 aromatic heterocycles. The smallest absolute Gasteiger partial charge is 0.243 e. The molecule has 2 N–H and O–H groups in total. The van der Waals surface area contributed by atoms with E-state index in [9.17, 15) is 8.42 Å². The molecule has 1 aliphatic heterocycles. The summed E-state index contributed by atoms with van der Waals surface area (Å²) in [4.78, 5) is 0.441. The summed E-state index contributed by atoms with van der Waals surface area (Å²) in [5, 5.41) is 0. The fourth-order valence-electron chi connectivity index (χ4n) is 3.60. The first-order valence-electron chi connectivity index (χ1n) is 7.86. The predicted molar refractivity (Wildman–Crippen MR) is 90.8 cm³/mol. The Bertz CT molecular complexity index is 633. The van der Waals surface area contributed by atoms with Gasteiger partial charge in [0, 0.05) is 19.1 Å². The van der Waals surface area contributed by atoms with Gasteiger partial charge in [-0.05, 0) is 61.3 Å². The molecule has 0 spiro atoms. The van der Waals surface area contributed by atoms with Crippen LogP contribution in [0.4, 0.5) is 0 Å². The molecule has 2 atom stereocenters. The number of nitrogens with zero attached hydrogens (tertiary/aromatic N) is 1. The highest BCUT2D eigenvalue weighted by Crippen LogP contribution is 2.30. The van der Waals surface area contributed by atoms with Crippen LogP contribution in [0.5, 0.6) is 0 Å². The molecule has 3 rings (SSSR count). The van der Waals surface area contributed by atoms with Gasteiger partial charge in [-0.3, -0.25) is 0 Å². The maximum Gasteiger partial charge on any atom is 0.243 e. The summed E-state index contributed by atoms with van der Waals surface area (Å²) in [6.07, 6.45) is 4.98. The van der Waals surface area contributed by atoms with Gasteiger partial charge in [0.05, 0.1) is 4.90 Å². The number of nitrogens with two attached hydrogens (primary N) is 1. The van der Waals surface area contributed by atoms with Crippen molar-refractivity contribution in [3.8, 4) is 0 Å². The Morgan fingerprint density at radius 1 is 1.27 bits per heavy atom. The number of halogens is 1. The summed E-state index contributed by atoms with van der Waals surface area (Å²) in [5.74, 6) is 0.546. The second kappa shape index (κ2) is 6.87. The zero-order chi connectivity index (χ0) is 15.0. The molecular formula is C16H25ClN2O2S. The number of aryl methyl sites for hydroxylation is 2. The second-order valence-electron chi connectivity index (χ2n) is 6.42. The quantitative estimate of drug-likeness (QED) is 0.915. The van der Waals surface area contributed by atoms with Gasteiger partial charge in [0.15, 0.2) is 0 Å². The van der Waals surface area contributed by atoms with Gasteiger partial charge in [-0.25, -0.2) is 8.42 Å². The van der Waals surface area contributed by atoms with Crippen LogP contribution in [0, 0.1) is 5.92 Å². The fourth-order valence-corrected chi connectivity index (χ4v) is 5.32. The molecule has 1 aromatic rings. The Morgan fingerprint density at radius 2 is 2.00 bits per heavy atom. The van der Waals surface area contributed by atoms with E-state index in [1.54, 1.807) is 10.4 Å². The lowest BCUT2D eigenvalue weighted by Crippen LogP contribution is -2.49. The minimum atomic E-state index is -3.41. The molecule has 0 amide bonds. The van der Waals surface area contributed by atoms with E-state index in [4.69, 9.17) is 5.73 Å². The number of sulfonamides is 1. The van der Waals surface area contributed by atoms with Gasteiger partial charge >= 0.3 is 0 Å². The van der Waals surface area contributed by atoms with E-state index in [0.29, 0.717) is 23.9 Å². The van der Waals surface area contributed by atoms with Crippen LogP contribution < -0.4 is 5.73 Å². The lowest BCUT2D eigenvalue weighted by Gasteiger charge is -2.36. The van der Waals surface area contributed by atoms with E-state index < -0.39 is 10.0 Å². The molecule has 2 aliphatic rings. The lowest BCUT2D eigenvalue weighted by atomic mass is 9.94. The van der Waals surface area contributed by atoms with Crippen molar-refractivity contribution in [3.05, 3.63) is 29.3 Å². The molecule has 0 radical (unpaired) electrons. The molecule has 1 aliphatic carbocycles. The van der Waals surface area contributed by atoms with Crippen LogP contribution in [0.3, 0.4) is 0 Å². The normalized spacial score (nSPS) is 25.5. The van der Waals surface area contributed by atoms with Crippen LogP contribution in [0.25, 0.3) is 0 Å². The zero-order valence-electron chi connectivity index (χ0n) is 13.0. The van der Waals surface area contributed by atoms with Crippen LogP contribution in [0.15, 0.2) is 23.1 Å². The Labute approximate surface area is 139 Å². The average molecular weight is 345 g/mol. The van der Waals surface area contributed by atoms with Crippen LogP contribution in [-0.2, 0) is 22.9 Å². The Morgan fingerprint density at radius 3 is 2.73 bits per heavy atom. The highest BCUT2D eigenvalue weighted by Gasteiger charge is 2.35. The number of rotatable bonds is 3. The minimum Gasteiger partial charge on any atom is -0.329 e. The minimum absolute atomic E-state index is 0. The molecule has 1 aromatic carbocycles. The van der Waals surface area contributed by atoms with E-state index in [1.807, 2.05) is 12.1 Å². The lowest BCUT2D eigenvalue weighted by molar-refractivity contribution is 0.211. The summed E-state index contributed by atoms with van der Waals surface area (Å²) in [7, 11) is -3.41. The maximum atomic E-state index is 12.9. The topological polar surface area (TPSA) is 63.4 Å². The molecule has 4 nitrogen and oxygen atoms in total. The van der Waals surface area contributed by atoms with Gasteiger partial charge in [0.25, 0.3) is 0 Å². The molecule has 1 saturated heterocycles. The first-order chi connectivity index (χ1) is 10.0.